The minimum Gasteiger partial charge on any atom is -0.493 e. The summed E-state index contributed by atoms with van der Waals surface area (Å²) in [6.45, 7) is 22.9. The van der Waals surface area contributed by atoms with Crippen LogP contribution in [-0.2, 0) is 9.68 Å². The average molecular weight is 817 g/mol. The van der Waals surface area contributed by atoms with Crippen LogP contribution in [0.15, 0.2) is 83.1 Å². The first kappa shape index (κ1) is 50.8. The topological polar surface area (TPSA) is 150 Å². The van der Waals surface area contributed by atoms with Crippen molar-refractivity contribution >= 4 is 12.4 Å². The Hall–Kier alpha value is -6.18. The zero-order valence-electron chi connectivity index (χ0n) is 37.0. The average Bonchev–Trinajstić information content (AvgIpc) is 3.25. The largest absolute Gasteiger partial charge is 0.493 e. The van der Waals surface area contributed by atoms with Crippen molar-refractivity contribution in [2.45, 2.75) is 75.7 Å². The molecule has 59 heavy (non-hydrogen) atoms. The van der Waals surface area contributed by atoms with Gasteiger partial charge in [0.05, 0.1) is 25.6 Å². The standard InChI is InChI=1S/C21H27N3O4.C20H25N3O4.2C2H6/c1-5-6-10-26-19-13-16(2)21(17(3)14-19)28-12-7-11-27-20-9-8-18(23-24-20)15-22-25-4;1-5-6-9-25-18-12-15(2)20(16(3)13-18)27-11-10-26-19-8-7-17(22-23-19)14-21-24-4;2*1-2/h5-6,8-9,13-15H,7,10-12H2,1-4H3;5-8,12-14H,9-11H2,1-4H3;2*1-2H3/b6-5+,22-15?;6-5+,21-14?;;. The molecule has 0 amide bonds. The molecule has 2 aromatic carbocycles. The molecular weight excluding hydrogens is 753 g/mol. The highest BCUT2D eigenvalue weighted by Gasteiger charge is 2.09. The molecule has 0 atom stereocenters. The number of allylic oxidation sites excluding steroid dienone is 2. The Bertz CT molecular complexity index is 1790. The molecule has 2 heterocycles. The number of oxime groups is 2. The van der Waals surface area contributed by atoms with Crippen LogP contribution in [-0.4, -0.2) is 86.7 Å². The smallest absolute Gasteiger partial charge is 0.233 e. The lowest BCUT2D eigenvalue weighted by atomic mass is 10.1. The Labute approximate surface area is 351 Å². The van der Waals surface area contributed by atoms with Crippen LogP contribution in [0, 0.1) is 27.7 Å². The van der Waals surface area contributed by atoms with Gasteiger partial charge < -0.3 is 38.1 Å². The second-order valence-corrected chi connectivity index (χ2v) is 11.7. The van der Waals surface area contributed by atoms with E-state index in [0.717, 1.165) is 51.7 Å². The fourth-order valence-corrected chi connectivity index (χ4v) is 4.79. The number of aryl methyl sites for hydroxylation is 4. The van der Waals surface area contributed by atoms with Gasteiger partial charge in [-0.05, 0) is 100 Å². The summed E-state index contributed by atoms with van der Waals surface area (Å²) in [7, 11) is 2.94. The van der Waals surface area contributed by atoms with Crippen molar-refractivity contribution < 1.29 is 38.1 Å². The number of ether oxygens (including phenoxy) is 6. The van der Waals surface area contributed by atoms with Crippen LogP contribution in [0.25, 0.3) is 0 Å². The summed E-state index contributed by atoms with van der Waals surface area (Å²) in [5, 5.41) is 23.1. The first-order valence-electron chi connectivity index (χ1n) is 19.8. The highest BCUT2D eigenvalue weighted by molar-refractivity contribution is 5.76. The Morgan fingerprint density at radius 3 is 1.24 bits per heavy atom. The normalized spacial score (nSPS) is 10.6. The van der Waals surface area contributed by atoms with Gasteiger partial charge in [0.2, 0.25) is 11.8 Å². The van der Waals surface area contributed by atoms with Crippen molar-refractivity contribution in [2.75, 3.05) is 53.9 Å². The molecule has 0 unspecified atom stereocenters. The minimum absolute atomic E-state index is 0.360. The van der Waals surface area contributed by atoms with Crippen molar-refractivity contribution in [3.05, 3.63) is 106 Å². The number of aromatic nitrogens is 4. The summed E-state index contributed by atoms with van der Waals surface area (Å²) in [6, 6.07) is 14.9. The van der Waals surface area contributed by atoms with Gasteiger partial charge in [0.25, 0.3) is 0 Å². The maximum absolute atomic E-state index is 5.93. The highest BCUT2D eigenvalue weighted by Crippen LogP contribution is 2.29. The molecule has 2 aromatic heterocycles. The van der Waals surface area contributed by atoms with Gasteiger partial charge in [0.1, 0.15) is 75.0 Å². The van der Waals surface area contributed by atoms with E-state index in [9.17, 15) is 0 Å². The third kappa shape index (κ3) is 20.7. The summed E-state index contributed by atoms with van der Waals surface area (Å²) in [4.78, 5) is 9.19. The molecule has 0 aliphatic heterocycles. The number of benzene rings is 2. The maximum Gasteiger partial charge on any atom is 0.233 e. The second kappa shape index (κ2) is 31.9. The van der Waals surface area contributed by atoms with Gasteiger partial charge in [-0.15, -0.1) is 20.4 Å². The van der Waals surface area contributed by atoms with Gasteiger partial charge in [0.15, 0.2) is 0 Å². The molecule has 14 heteroatoms. The van der Waals surface area contributed by atoms with Gasteiger partial charge in [-0.25, -0.2) is 0 Å². The number of rotatable bonds is 21. The third-order valence-corrected chi connectivity index (χ3v) is 7.30. The van der Waals surface area contributed by atoms with Crippen LogP contribution < -0.4 is 28.4 Å². The van der Waals surface area contributed by atoms with Crippen LogP contribution in [0.3, 0.4) is 0 Å². The zero-order valence-corrected chi connectivity index (χ0v) is 37.0. The number of nitrogens with zero attached hydrogens (tertiary/aromatic N) is 6. The van der Waals surface area contributed by atoms with Gasteiger partial charge in [0, 0.05) is 18.6 Å². The van der Waals surface area contributed by atoms with Crippen molar-refractivity contribution in [3.8, 4) is 34.8 Å². The molecular formula is C45H64N6O8. The predicted octanol–water partition coefficient (Wildman–Crippen LogP) is 9.42. The lowest BCUT2D eigenvalue weighted by Crippen LogP contribution is -2.11. The van der Waals surface area contributed by atoms with Crippen LogP contribution >= 0.6 is 0 Å². The third-order valence-electron chi connectivity index (χ3n) is 7.30. The van der Waals surface area contributed by atoms with Gasteiger partial charge in [-0.1, -0.05) is 62.3 Å². The monoisotopic (exact) mass is 816 g/mol. The van der Waals surface area contributed by atoms with E-state index in [-0.39, 0.29) is 0 Å². The number of hydrogen-bond acceptors (Lipinski definition) is 14. The maximum atomic E-state index is 5.93. The van der Waals surface area contributed by atoms with Crippen LogP contribution in [0.1, 0.15) is 81.6 Å². The number of hydrogen-bond donors (Lipinski definition) is 0. The lowest BCUT2D eigenvalue weighted by molar-refractivity contribution is 0.208. The molecule has 0 spiro atoms. The van der Waals surface area contributed by atoms with Crippen LogP contribution in [0.5, 0.6) is 34.8 Å². The van der Waals surface area contributed by atoms with Crippen LogP contribution in [0.2, 0.25) is 0 Å². The Kier molecular flexibility index (Phi) is 27.4. The molecule has 0 aliphatic rings. The van der Waals surface area contributed by atoms with E-state index in [1.807, 2.05) is 118 Å². The quantitative estimate of drug-likeness (QED) is 0.0341. The van der Waals surface area contributed by atoms with E-state index in [4.69, 9.17) is 28.4 Å². The van der Waals surface area contributed by atoms with Crippen molar-refractivity contribution in [2.24, 2.45) is 10.3 Å². The van der Waals surface area contributed by atoms with Gasteiger partial charge >= 0.3 is 0 Å². The summed E-state index contributed by atoms with van der Waals surface area (Å²) in [5.41, 5.74) is 5.33. The Morgan fingerprint density at radius 2 is 0.864 bits per heavy atom. The van der Waals surface area contributed by atoms with Crippen LogP contribution in [0.4, 0.5) is 0 Å². The van der Waals surface area contributed by atoms with E-state index in [1.54, 1.807) is 24.3 Å². The lowest BCUT2D eigenvalue weighted by Gasteiger charge is -2.14. The van der Waals surface area contributed by atoms with Crippen molar-refractivity contribution in [1.29, 1.82) is 0 Å². The minimum atomic E-state index is 0.360. The summed E-state index contributed by atoms with van der Waals surface area (Å²) in [6.07, 6.45) is 11.5. The first-order chi connectivity index (χ1) is 28.8. The fourth-order valence-electron chi connectivity index (χ4n) is 4.79. The zero-order chi connectivity index (χ0) is 43.7. The highest BCUT2D eigenvalue weighted by atomic mass is 16.6. The molecule has 0 saturated carbocycles. The molecule has 14 nitrogen and oxygen atoms in total. The van der Waals surface area contributed by atoms with Crippen molar-refractivity contribution in [1.82, 2.24) is 20.4 Å². The van der Waals surface area contributed by atoms with E-state index in [2.05, 4.69) is 40.4 Å². The van der Waals surface area contributed by atoms with Gasteiger partial charge in [-0.3, -0.25) is 0 Å². The molecule has 0 bridgehead atoms. The molecule has 0 fully saturated rings. The van der Waals surface area contributed by atoms with Crippen molar-refractivity contribution in [3.63, 3.8) is 0 Å². The molecule has 0 aliphatic carbocycles. The Balaban J connectivity index is 0.000000544. The second-order valence-electron chi connectivity index (χ2n) is 11.7. The summed E-state index contributed by atoms with van der Waals surface area (Å²) < 4.78 is 34.3. The molecule has 4 aromatic rings. The predicted molar refractivity (Wildman–Crippen MR) is 235 cm³/mol. The van der Waals surface area contributed by atoms with E-state index in [0.29, 0.717) is 62.8 Å². The molecule has 0 radical (unpaired) electrons. The molecule has 4 rings (SSSR count). The summed E-state index contributed by atoms with van der Waals surface area (Å²) in [5.74, 6) is 4.30. The van der Waals surface area contributed by atoms with Gasteiger partial charge in [-0.2, -0.15) is 0 Å². The first-order valence-corrected chi connectivity index (χ1v) is 19.8. The SMILES string of the molecule is C/C=C/COc1cc(C)c(OCCCOc2ccc(C=NOC)nn2)c(C)c1.C/C=C/COc1cc(C)c(OCCOc2ccc(C=NOC)nn2)c(C)c1.CC.CC. The van der Waals surface area contributed by atoms with E-state index in [1.165, 1.54) is 26.6 Å². The summed E-state index contributed by atoms with van der Waals surface area (Å²) >= 11 is 0. The van der Waals surface area contributed by atoms with E-state index >= 15 is 0 Å². The fraction of sp³-hybridized carbons (Fsp3) is 0.422. The molecule has 0 saturated heterocycles. The Morgan fingerprint density at radius 1 is 0.492 bits per heavy atom. The van der Waals surface area contributed by atoms with E-state index < -0.39 is 0 Å². The molecule has 0 N–H and O–H groups in total. The molecule has 322 valence electrons.